The van der Waals surface area contributed by atoms with Gasteiger partial charge in [-0.25, -0.2) is 0 Å². The van der Waals surface area contributed by atoms with Crippen LogP contribution in [0.5, 0.6) is 0 Å². The van der Waals surface area contributed by atoms with Gasteiger partial charge in [-0.1, -0.05) is 19.3 Å². The zero-order valence-electron chi connectivity index (χ0n) is 10.4. The fourth-order valence-electron chi connectivity index (χ4n) is 2.44. The molecule has 0 aromatic carbocycles. The van der Waals surface area contributed by atoms with Gasteiger partial charge in [0.2, 0.25) is 0 Å². The lowest BCUT2D eigenvalue weighted by atomic mass is 9.70. The summed E-state index contributed by atoms with van der Waals surface area (Å²) < 4.78 is 0. The Morgan fingerprint density at radius 3 is 2.00 bits per heavy atom. The Bertz CT molecular complexity index is 237. The van der Waals surface area contributed by atoms with Crippen LogP contribution in [-0.2, 0) is 9.59 Å². The van der Waals surface area contributed by atoms with Crippen molar-refractivity contribution >= 4 is 11.9 Å². The van der Waals surface area contributed by atoms with E-state index >= 15 is 0 Å². The maximum absolute atomic E-state index is 10.7. The summed E-state index contributed by atoms with van der Waals surface area (Å²) in [5.74, 6) is -1.50. The lowest BCUT2D eigenvalue weighted by molar-refractivity contribution is -0.140. The van der Waals surface area contributed by atoms with Gasteiger partial charge in [-0.15, -0.1) is 0 Å². The normalized spacial score (nSPS) is 17.8. The number of rotatable bonds is 4. The molecule has 1 aliphatic rings. The third kappa shape index (κ3) is 7.74. The molecule has 0 bridgehead atoms. The molecule has 5 nitrogen and oxygen atoms in total. The SMILES string of the molecule is CC(=O)O.NCCC1(CC(=O)O)CCCCC1. The van der Waals surface area contributed by atoms with Crippen LogP contribution in [0.4, 0.5) is 0 Å². The Hall–Kier alpha value is -1.10. The second kappa shape index (κ2) is 8.06. The molecule has 0 spiro atoms. The number of carboxylic acid groups (broad SMARTS) is 2. The van der Waals surface area contributed by atoms with Crippen LogP contribution in [-0.4, -0.2) is 28.7 Å². The van der Waals surface area contributed by atoms with Crippen LogP contribution in [0.2, 0.25) is 0 Å². The van der Waals surface area contributed by atoms with Gasteiger partial charge in [0.1, 0.15) is 0 Å². The predicted octanol–water partition coefficient (Wildman–Crippen LogP) is 1.85. The monoisotopic (exact) mass is 245 g/mol. The van der Waals surface area contributed by atoms with E-state index in [2.05, 4.69) is 0 Å². The van der Waals surface area contributed by atoms with Gasteiger partial charge in [-0.3, -0.25) is 9.59 Å². The highest BCUT2D eigenvalue weighted by molar-refractivity contribution is 5.67. The van der Waals surface area contributed by atoms with E-state index in [1.807, 2.05) is 0 Å². The lowest BCUT2D eigenvalue weighted by Crippen LogP contribution is -2.29. The van der Waals surface area contributed by atoms with Crippen molar-refractivity contribution in [3.05, 3.63) is 0 Å². The molecule has 1 fully saturated rings. The minimum atomic E-state index is -0.833. The first-order valence-electron chi connectivity index (χ1n) is 6.03. The van der Waals surface area contributed by atoms with Crippen LogP contribution in [0.1, 0.15) is 51.9 Å². The van der Waals surface area contributed by atoms with Crippen molar-refractivity contribution < 1.29 is 19.8 Å². The number of carboxylic acids is 2. The van der Waals surface area contributed by atoms with Crippen LogP contribution in [0, 0.1) is 5.41 Å². The van der Waals surface area contributed by atoms with Crippen molar-refractivity contribution in [3.8, 4) is 0 Å². The third-order valence-corrected chi connectivity index (χ3v) is 3.12. The van der Waals surface area contributed by atoms with E-state index in [-0.39, 0.29) is 5.41 Å². The molecule has 0 saturated heterocycles. The Labute approximate surface area is 102 Å². The van der Waals surface area contributed by atoms with Crippen molar-refractivity contribution in [2.75, 3.05) is 6.54 Å². The van der Waals surface area contributed by atoms with Gasteiger partial charge in [-0.05, 0) is 31.2 Å². The molecule has 0 unspecified atom stereocenters. The minimum Gasteiger partial charge on any atom is -0.481 e. The molecule has 1 rings (SSSR count). The van der Waals surface area contributed by atoms with Crippen LogP contribution < -0.4 is 5.73 Å². The molecule has 17 heavy (non-hydrogen) atoms. The Kier molecular flexibility index (Phi) is 7.54. The van der Waals surface area contributed by atoms with Crippen LogP contribution in [0.3, 0.4) is 0 Å². The number of aliphatic carboxylic acids is 2. The third-order valence-electron chi connectivity index (χ3n) is 3.12. The highest BCUT2D eigenvalue weighted by atomic mass is 16.4. The van der Waals surface area contributed by atoms with E-state index in [1.54, 1.807) is 0 Å². The Morgan fingerprint density at radius 2 is 1.65 bits per heavy atom. The largest absolute Gasteiger partial charge is 0.481 e. The molecular weight excluding hydrogens is 222 g/mol. The van der Waals surface area contributed by atoms with E-state index in [9.17, 15) is 4.79 Å². The number of carbonyl (C=O) groups is 2. The molecule has 1 saturated carbocycles. The van der Waals surface area contributed by atoms with Crippen molar-refractivity contribution in [2.45, 2.75) is 51.9 Å². The maximum Gasteiger partial charge on any atom is 0.303 e. The van der Waals surface area contributed by atoms with E-state index in [0.717, 1.165) is 26.2 Å². The molecule has 0 radical (unpaired) electrons. The molecule has 100 valence electrons. The fraction of sp³-hybridized carbons (Fsp3) is 0.833. The minimum absolute atomic E-state index is 0.0266. The average Bonchev–Trinajstić information content (AvgIpc) is 2.16. The standard InChI is InChI=1S/C10H19NO2.C2H4O2/c11-7-6-10(8-9(12)13)4-2-1-3-5-10;1-2(3)4/h1-8,11H2,(H,12,13);1H3,(H,3,4). The molecule has 0 heterocycles. The quantitative estimate of drug-likeness (QED) is 0.701. The van der Waals surface area contributed by atoms with E-state index in [1.165, 1.54) is 19.3 Å². The second-order valence-corrected chi connectivity index (χ2v) is 4.69. The summed E-state index contributed by atoms with van der Waals surface area (Å²) >= 11 is 0. The summed E-state index contributed by atoms with van der Waals surface area (Å²) in [7, 11) is 0. The fourth-order valence-corrected chi connectivity index (χ4v) is 2.44. The number of nitrogens with two attached hydrogens (primary N) is 1. The first-order valence-corrected chi connectivity index (χ1v) is 6.03. The molecule has 0 aliphatic heterocycles. The smallest absolute Gasteiger partial charge is 0.303 e. The summed E-state index contributed by atoms with van der Waals surface area (Å²) in [5.41, 5.74) is 5.55. The molecule has 0 atom stereocenters. The Morgan fingerprint density at radius 1 is 1.18 bits per heavy atom. The number of hydrogen-bond donors (Lipinski definition) is 3. The lowest BCUT2D eigenvalue weighted by Gasteiger charge is -2.35. The molecule has 0 aromatic heterocycles. The van der Waals surface area contributed by atoms with E-state index in [0.29, 0.717) is 13.0 Å². The molecular formula is C12H23NO4. The molecule has 0 aromatic rings. The van der Waals surface area contributed by atoms with Crippen molar-refractivity contribution in [1.29, 1.82) is 0 Å². The van der Waals surface area contributed by atoms with Crippen LogP contribution in [0.25, 0.3) is 0 Å². The van der Waals surface area contributed by atoms with E-state index in [4.69, 9.17) is 20.7 Å². The van der Waals surface area contributed by atoms with Crippen molar-refractivity contribution in [1.82, 2.24) is 0 Å². The van der Waals surface area contributed by atoms with Crippen molar-refractivity contribution in [3.63, 3.8) is 0 Å². The van der Waals surface area contributed by atoms with Crippen LogP contribution >= 0.6 is 0 Å². The van der Waals surface area contributed by atoms with E-state index < -0.39 is 11.9 Å². The van der Waals surface area contributed by atoms with Crippen molar-refractivity contribution in [2.24, 2.45) is 11.1 Å². The van der Waals surface area contributed by atoms with Gasteiger partial charge >= 0.3 is 5.97 Å². The summed E-state index contributed by atoms with van der Waals surface area (Å²) in [4.78, 5) is 19.7. The first kappa shape index (κ1) is 15.9. The number of hydrogen-bond acceptors (Lipinski definition) is 3. The summed E-state index contributed by atoms with van der Waals surface area (Å²) in [6.45, 7) is 1.70. The average molecular weight is 245 g/mol. The second-order valence-electron chi connectivity index (χ2n) is 4.69. The highest BCUT2D eigenvalue weighted by Gasteiger charge is 2.33. The zero-order valence-corrected chi connectivity index (χ0v) is 10.4. The van der Waals surface area contributed by atoms with Gasteiger partial charge in [0.15, 0.2) is 0 Å². The molecule has 1 aliphatic carbocycles. The predicted molar refractivity (Wildman–Crippen MR) is 64.8 cm³/mol. The first-order chi connectivity index (χ1) is 7.92. The summed E-state index contributed by atoms with van der Waals surface area (Å²) in [6, 6.07) is 0. The van der Waals surface area contributed by atoms with Gasteiger partial charge < -0.3 is 15.9 Å². The van der Waals surface area contributed by atoms with Gasteiger partial charge in [0.05, 0.1) is 6.42 Å². The summed E-state index contributed by atoms with van der Waals surface area (Å²) in [5, 5.41) is 16.2. The Balaban J connectivity index is 0.000000557. The van der Waals surface area contributed by atoms with Gasteiger partial charge in [0.25, 0.3) is 5.97 Å². The molecule has 4 N–H and O–H groups in total. The van der Waals surface area contributed by atoms with Gasteiger partial charge in [-0.2, -0.15) is 0 Å². The van der Waals surface area contributed by atoms with Crippen LogP contribution in [0.15, 0.2) is 0 Å². The zero-order chi connectivity index (χ0) is 13.3. The molecule has 5 heteroatoms. The van der Waals surface area contributed by atoms with Gasteiger partial charge in [0, 0.05) is 6.92 Å². The molecule has 0 amide bonds. The summed E-state index contributed by atoms with van der Waals surface area (Å²) in [6.07, 6.45) is 6.89. The highest BCUT2D eigenvalue weighted by Crippen LogP contribution is 2.41. The topological polar surface area (TPSA) is 101 Å². The maximum atomic E-state index is 10.7.